The van der Waals surface area contributed by atoms with E-state index in [-0.39, 0.29) is 24.2 Å². The lowest BCUT2D eigenvalue weighted by Gasteiger charge is -2.22. The SMILES string of the molecule is CCN(CC)C(=O)c1ccc(C(=O)NCC2CCCNC2)cc1.Cl. The molecule has 1 fully saturated rings. The summed E-state index contributed by atoms with van der Waals surface area (Å²) in [5.41, 5.74) is 1.23. The molecule has 2 N–H and O–H groups in total. The van der Waals surface area contributed by atoms with E-state index in [1.54, 1.807) is 29.2 Å². The zero-order valence-corrected chi connectivity index (χ0v) is 15.3. The van der Waals surface area contributed by atoms with Gasteiger partial charge in [-0.05, 0) is 70.0 Å². The molecule has 0 radical (unpaired) electrons. The maximum atomic E-state index is 12.2. The van der Waals surface area contributed by atoms with E-state index >= 15 is 0 Å². The van der Waals surface area contributed by atoms with Crippen LogP contribution in [0.4, 0.5) is 0 Å². The number of rotatable bonds is 6. The number of piperidine rings is 1. The second-order valence-electron chi connectivity index (χ2n) is 5.98. The van der Waals surface area contributed by atoms with Crippen LogP contribution in [0.15, 0.2) is 24.3 Å². The van der Waals surface area contributed by atoms with E-state index in [9.17, 15) is 9.59 Å². The molecule has 0 bridgehead atoms. The van der Waals surface area contributed by atoms with Crippen LogP contribution in [0.1, 0.15) is 47.4 Å². The van der Waals surface area contributed by atoms with E-state index in [1.807, 2.05) is 13.8 Å². The Hall–Kier alpha value is -1.59. The van der Waals surface area contributed by atoms with Gasteiger partial charge in [-0.1, -0.05) is 0 Å². The molecular weight excluding hydrogens is 326 g/mol. The van der Waals surface area contributed by atoms with E-state index < -0.39 is 0 Å². The average Bonchev–Trinajstić information content (AvgIpc) is 2.61. The predicted octanol–water partition coefficient (Wildman–Crippen LogP) is 2.32. The molecule has 0 saturated carbocycles. The van der Waals surface area contributed by atoms with Gasteiger partial charge >= 0.3 is 0 Å². The summed E-state index contributed by atoms with van der Waals surface area (Å²) in [5.74, 6) is 0.448. The average molecular weight is 354 g/mol. The van der Waals surface area contributed by atoms with Gasteiger partial charge in [-0.2, -0.15) is 0 Å². The van der Waals surface area contributed by atoms with Gasteiger partial charge in [-0.25, -0.2) is 0 Å². The predicted molar refractivity (Wildman–Crippen MR) is 98.9 cm³/mol. The molecule has 1 unspecified atom stereocenters. The largest absolute Gasteiger partial charge is 0.352 e. The minimum absolute atomic E-state index is 0. The number of carbonyl (C=O) groups is 2. The maximum absolute atomic E-state index is 12.2. The molecule has 1 aliphatic heterocycles. The second kappa shape index (κ2) is 10.3. The molecule has 1 heterocycles. The van der Waals surface area contributed by atoms with Crippen LogP contribution in [0.3, 0.4) is 0 Å². The lowest BCUT2D eigenvalue weighted by molar-refractivity contribution is 0.0772. The van der Waals surface area contributed by atoms with Crippen LogP contribution in [0, 0.1) is 5.92 Å². The Morgan fingerprint density at radius 1 is 1.17 bits per heavy atom. The number of nitrogens with one attached hydrogen (secondary N) is 2. The summed E-state index contributed by atoms with van der Waals surface area (Å²) in [6, 6.07) is 6.92. The highest BCUT2D eigenvalue weighted by Gasteiger charge is 2.16. The van der Waals surface area contributed by atoms with Crippen LogP contribution in [-0.2, 0) is 0 Å². The van der Waals surface area contributed by atoms with Crippen molar-refractivity contribution in [1.29, 1.82) is 0 Å². The summed E-state index contributed by atoms with van der Waals surface area (Å²) in [7, 11) is 0. The molecule has 1 aliphatic rings. The van der Waals surface area contributed by atoms with Gasteiger partial charge in [-0.3, -0.25) is 9.59 Å². The van der Waals surface area contributed by atoms with Gasteiger partial charge in [0.15, 0.2) is 0 Å². The number of nitrogens with zero attached hydrogens (tertiary/aromatic N) is 1. The van der Waals surface area contributed by atoms with Gasteiger partial charge in [0.25, 0.3) is 11.8 Å². The summed E-state index contributed by atoms with van der Waals surface area (Å²) >= 11 is 0. The number of benzene rings is 1. The molecule has 0 aliphatic carbocycles. The smallest absolute Gasteiger partial charge is 0.253 e. The Kier molecular flexibility index (Phi) is 8.79. The number of carbonyl (C=O) groups excluding carboxylic acids is 2. The molecule has 2 rings (SSSR count). The first-order valence-electron chi connectivity index (χ1n) is 8.54. The van der Waals surface area contributed by atoms with Crippen molar-refractivity contribution in [3.63, 3.8) is 0 Å². The Morgan fingerprint density at radius 3 is 2.33 bits per heavy atom. The molecule has 1 atom stereocenters. The fourth-order valence-corrected chi connectivity index (χ4v) is 2.89. The Balaban J connectivity index is 0.00000288. The fourth-order valence-electron chi connectivity index (χ4n) is 2.89. The number of amides is 2. The van der Waals surface area contributed by atoms with E-state index in [2.05, 4.69) is 10.6 Å². The van der Waals surface area contributed by atoms with Crippen molar-refractivity contribution in [2.24, 2.45) is 5.92 Å². The highest BCUT2D eigenvalue weighted by molar-refractivity contribution is 5.97. The number of hydrogen-bond acceptors (Lipinski definition) is 3. The molecule has 1 aromatic carbocycles. The van der Waals surface area contributed by atoms with E-state index in [4.69, 9.17) is 0 Å². The number of halogens is 1. The molecule has 0 aromatic heterocycles. The summed E-state index contributed by atoms with van der Waals surface area (Å²) < 4.78 is 0. The van der Waals surface area contributed by atoms with Crippen molar-refractivity contribution in [3.05, 3.63) is 35.4 Å². The van der Waals surface area contributed by atoms with Crippen LogP contribution in [0.25, 0.3) is 0 Å². The third-order valence-corrected chi connectivity index (χ3v) is 4.39. The minimum atomic E-state index is -0.0718. The highest BCUT2D eigenvalue weighted by atomic mass is 35.5. The standard InChI is InChI=1S/C18H27N3O2.ClH/c1-3-21(4-2)18(23)16-9-7-15(8-10-16)17(22)20-13-14-6-5-11-19-12-14;/h7-10,14,19H,3-6,11-13H2,1-2H3,(H,20,22);1H. The molecular formula is C18H28ClN3O2. The fraction of sp³-hybridized carbons (Fsp3) is 0.556. The van der Waals surface area contributed by atoms with Crippen molar-refractivity contribution < 1.29 is 9.59 Å². The van der Waals surface area contributed by atoms with Gasteiger partial charge in [-0.15, -0.1) is 12.4 Å². The van der Waals surface area contributed by atoms with Gasteiger partial charge in [0.05, 0.1) is 0 Å². The summed E-state index contributed by atoms with van der Waals surface area (Å²) in [4.78, 5) is 26.2. The maximum Gasteiger partial charge on any atom is 0.253 e. The first-order chi connectivity index (χ1) is 11.2. The van der Waals surface area contributed by atoms with Crippen molar-refractivity contribution in [2.75, 3.05) is 32.7 Å². The molecule has 134 valence electrons. The van der Waals surface area contributed by atoms with E-state index in [0.29, 0.717) is 36.7 Å². The lowest BCUT2D eigenvalue weighted by atomic mass is 9.99. The second-order valence-corrected chi connectivity index (χ2v) is 5.98. The van der Waals surface area contributed by atoms with Crippen LogP contribution < -0.4 is 10.6 Å². The van der Waals surface area contributed by atoms with Crippen LogP contribution in [0.5, 0.6) is 0 Å². The van der Waals surface area contributed by atoms with Gasteiger partial charge < -0.3 is 15.5 Å². The molecule has 2 amide bonds. The Morgan fingerprint density at radius 2 is 1.79 bits per heavy atom. The Labute approximate surface area is 150 Å². The highest BCUT2D eigenvalue weighted by Crippen LogP contribution is 2.10. The normalized spacial score (nSPS) is 16.8. The monoisotopic (exact) mass is 353 g/mol. The summed E-state index contributed by atoms with van der Waals surface area (Å²) in [6.07, 6.45) is 2.33. The summed E-state index contributed by atoms with van der Waals surface area (Å²) in [5, 5.41) is 6.33. The van der Waals surface area contributed by atoms with Crippen LogP contribution >= 0.6 is 12.4 Å². The van der Waals surface area contributed by atoms with Gasteiger partial charge in [0.2, 0.25) is 0 Å². The zero-order chi connectivity index (χ0) is 16.7. The van der Waals surface area contributed by atoms with Crippen molar-refractivity contribution in [2.45, 2.75) is 26.7 Å². The third-order valence-electron chi connectivity index (χ3n) is 4.39. The summed E-state index contributed by atoms with van der Waals surface area (Å²) in [6.45, 7) is 8.04. The molecule has 6 heteroatoms. The molecule has 5 nitrogen and oxygen atoms in total. The topological polar surface area (TPSA) is 61.4 Å². The minimum Gasteiger partial charge on any atom is -0.352 e. The molecule has 1 saturated heterocycles. The molecule has 1 aromatic rings. The van der Waals surface area contributed by atoms with Gasteiger partial charge in [0.1, 0.15) is 0 Å². The first-order valence-corrected chi connectivity index (χ1v) is 8.54. The van der Waals surface area contributed by atoms with Crippen molar-refractivity contribution >= 4 is 24.2 Å². The first kappa shape index (κ1) is 20.5. The zero-order valence-electron chi connectivity index (χ0n) is 14.5. The van der Waals surface area contributed by atoms with Crippen molar-refractivity contribution in [1.82, 2.24) is 15.5 Å². The number of hydrogen-bond donors (Lipinski definition) is 2. The van der Waals surface area contributed by atoms with Crippen LogP contribution in [-0.4, -0.2) is 49.4 Å². The third kappa shape index (κ3) is 5.49. The van der Waals surface area contributed by atoms with Gasteiger partial charge in [0, 0.05) is 30.8 Å². The molecule has 24 heavy (non-hydrogen) atoms. The molecule has 0 spiro atoms. The van der Waals surface area contributed by atoms with E-state index in [1.165, 1.54) is 6.42 Å². The van der Waals surface area contributed by atoms with Crippen molar-refractivity contribution in [3.8, 4) is 0 Å². The lowest BCUT2D eigenvalue weighted by Crippen LogP contribution is -2.38. The van der Waals surface area contributed by atoms with Crippen LogP contribution in [0.2, 0.25) is 0 Å². The quantitative estimate of drug-likeness (QED) is 0.825. The van der Waals surface area contributed by atoms with E-state index in [0.717, 1.165) is 19.5 Å². The Bertz CT molecular complexity index is 524.